The average Bonchev–Trinajstić information content (AvgIpc) is 2.53. The van der Waals surface area contributed by atoms with Crippen LogP contribution in [-0.2, 0) is 11.2 Å². The van der Waals surface area contributed by atoms with Gasteiger partial charge in [-0.25, -0.2) is 0 Å². The van der Waals surface area contributed by atoms with Gasteiger partial charge in [0.05, 0.1) is 0 Å². The fraction of sp³-hybridized carbons (Fsp3) is 0.632. The minimum Gasteiger partial charge on any atom is -0.481 e. The molecule has 0 atom stereocenters. The second kappa shape index (κ2) is 9.50. The number of carbonyl (C=O) groups is 1. The minimum absolute atomic E-state index is 0.204. The molecule has 2 N–H and O–H groups in total. The van der Waals surface area contributed by atoms with Gasteiger partial charge in [0.2, 0.25) is 0 Å². The van der Waals surface area contributed by atoms with Crippen molar-refractivity contribution >= 4 is 11.7 Å². The van der Waals surface area contributed by atoms with Gasteiger partial charge in [0.25, 0.3) is 0 Å². The number of nitrogens with one attached hydrogen (secondary N) is 1. The number of aliphatic carboxylic acids is 1. The Bertz CT molecular complexity index is 431. The molecule has 0 saturated heterocycles. The first-order valence-corrected chi connectivity index (χ1v) is 8.81. The molecule has 0 heterocycles. The third-order valence-electron chi connectivity index (χ3n) is 4.56. The van der Waals surface area contributed by atoms with Crippen LogP contribution >= 0.6 is 0 Å². The van der Waals surface area contributed by atoms with Gasteiger partial charge in [0.15, 0.2) is 0 Å². The molecule has 0 amide bonds. The maximum atomic E-state index is 10.6. The quantitative estimate of drug-likeness (QED) is 0.804. The van der Waals surface area contributed by atoms with Gasteiger partial charge in [-0.3, -0.25) is 4.79 Å². The molecule has 1 aliphatic carbocycles. The third kappa shape index (κ3) is 6.50. The molecule has 122 valence electrons. The zero-order valence-corrected chi connectivity index (χ0v) is 13.5. The zero-order chi connectivity index (χ0) is 15.6. The van der Waals surface area contributed by atoms with Crippen molar-refractivity contribution in [3.63, 3.8) is 0 Å². The summed E-state index contributed by atoms with van der Waals surface area (Å²) in [6.45, 7) is 0. The summed E-state index contributed by atoms with van der Waals surface area (Å²) in [5.74, 6) is -0.733. The van der Waals surface area contributed by atoms with Crippen molar-refractivity contribution in [1.82, 2.24) is 0 Å². The number of aryl methyl sites for hydroxylation is 1. The van der Waals surface area contributed by atoms with Crippen molar-refractivity contribution < 1.29 is 9.90 Å². The Morgan fingerprint density at radius 3 is 2.05 bits per heavy atom. The fourth-order valence-electron chi connectivity index (χ4n) is 3.21. The largest absolute Gasteiger partial charge is 0.481 e. The maximum absolute atomic E-state index is 10.6. The molecule has 1 fully saturated rings. The van der Waals surface area contributed by atoms with E-state index in [-0.39, 0.29) is 6.42 Å². The highest BCUT2D eigenvalue weighted by Crippen LogP contribution is 2.20. The van der Waals surface area contributed by atoms with Crippen molar-refractivity contribution in [2.45, 2.75) is 76.7 Å². The van der Waals surface area contributed by atoms with Crippen LogP contribution in [-0.4, -0.2) is 17.1 Å². The third-order valence-corrected chi connectivity index (χ3v) is 4.56. The molecule has 2 rings (SSSR count). The minimum atomic E-state index is -0.733. The molecule has 0 spiro atoms. The molecule has 1 saturated carbocycles. The van der Waals surface area contributed by atoms with E-state index in [1.807, 2.05) is 12.1 Å². The summed E-state index contributed by atoms with van der Waals surface area (Å²) in [6.07, 6.45) is 12.9. The summed E-state index contributed by atoms with van der Waals surface area (Å²) in [4.78, 5) is 10.6. The van der Waals surface area contributed by atoms with Crippen molar-refractivity contribution in [3.05, 3.63) is 29.8 Å². The van der Waals surface area contributed by atoms with Crippen molar-refractivity contribution in [3.8, 4) is 0 Å². The van der Waals surface area contributed by atoms with Gasteiger partial charge in [0, 0.05) is 18.2 Å². The SMILES string of the molecule is O=C(O)CCc1ccc(NC2CCCCCCCCC2)cc1. The molecular weight excluding hydrogens is 274 g/mol. The van der Waals surface area contributed by atoms with Crippen molar-refractivity contribution in [2.24, 2.45) is 0 Å². The van der Waals surface area contributed by atoms with Gasteiger partial charge >= 0.3 is 5.97 Å². The van der Waals surface area contributed by atoms with Crippen molar-refractivity contribution in [2.75, 3.05) is 5.32 Å². The lowest BCUT2D eigenvalue weighted by Gasteiger charge is -2.21. The number of anilines is 1. The van der Waals surface area contributed by atoms with Gasteiger partial charge in [-0.2, -0.15) is 0 Å². The van der Waals surface area contributed by atoms with Crippen LogP contribution in [0.1, 0.15) is 69.8 Å². The Morgan fingerprint density at radius 2 is 1.50 bits per heavy atom. The Hall–Kier alpha value is -1.51. The highest BCUT2D eigenvalue weighted by atomic mass is 16.4. The predicted octanol–water partition coefficient (Wildman–Crippen LogP) is 5.01. The normalized spacial score (nSPS) is 17.8. The van der Waals surface area contributed by atoms with Crippen LogP contribution in [0.15, 0.2) is 24.3 Å². The van der Waals surface area contributed by atoms with Crippen LogP contribution in [0.2, 0.25) is 0 Å². The molecule has 0 aromatic heterocycles. The van der Waals surface area contributed by atoms with Crippen LogP contribution in [0.5, 0.6) is 0 Å². The van der Waals surface area contributed by atoms with Crippen LogP contribution in [0.25, 0.3) is 0 Å². The van der Waals surface area contributed by atoms with Gasteiger partial charge in [-0.1, -0.05) is 57.1 Å². The highest BCUT2D eigenvalue weighted by molar-refractivity contribution is 5.67. The van der Waals surface area contributed by atoms with E-state index in [0.29, 0.717) is 12.5 Å². The predicted molar refractivity (Wildman–Crippen MR) is 91.4 cm³/mol. The van der Waals surface area contributed by atoms with Crippen LogP contribution in [0.3, 0.4) is 0 Å². The van der Waals surface area contributed by atoms with E-state index in [2.05, 4.69) is 17.4 Å². The van der Waals surface area contributed by atoms with Gasteiger partial charge < -0.3 is 10.4 Å². The Balaban J connectivity index is 1.83. The average molecular weight is 303 g/mol. The first-order chi connectivity index (χ1) is 10.7. The smallest absolute Gasteiger partial charge is 0.303 e. The second-order valence-electron chi connectivity index (χ2n) is 6.48. The monoisotopic (exact) mass is 303 g/mol. The molecule has 0 aliphatic heterocycles. The number of carboxylic acid groups (broad SMARTS) is 1. The molecule has 1 aromatic rings. The van der Waals surface area contributed by atoms with E-state index in [9.17, 15) is 4.79 Å². The molecule has 1 aromatic carbocycles. The van der Waals surface area contributed by atoms with Crippen LogP contribution in [0, 0.1) is 0 Å². The summed E-state index contributed by atoms with van der Waals surface area (Å²) < 4.78 is 0. The fourth-order valence-corrected chi connectivity index (χ4v) is 3.21. The summed E-state index contributed by atoms with van der Waals surface area (Å²) >= 11 is 0. The van der Waals surface area contributed by atoms with Crippen LogP contribution < -0.4 is 5.32 Å². The number of carboxylic acids is 1. The highest BCUT2D eigenvalue weighted by Gasteiger charge is 2.10. The molecule has 0 unspecified atom stereocenters. The van der Waals surface area contributed by atoms with Gasteiger partial charge in [-0.05, 0) is 37.0 Å². The van der Waals surface area contributed by atoms with Crippen LogP contribution in [0.4, 0.5) is 5.69 Å². The number of hydrogen-bond donors (Lipinski definition) is 2. The van der Waals surface area contributed by atoms with Gasteiger partial charge in [0.1, 0.15) is 0 Å². The first kappa shape index (κ1) is 16.9. The van der Waals surface area contributed by atoms with E-state index < -0.39 is 5.97 Å². The Morgan fingerprint density at radius 1 is 0.955 bits per heavy atom. The number of rotatable bonds is 5. The van der Waals surface area contributed by atoms with Crippen molar-refractivity contribution in [1.29, 1.82) is 0 Å². The lowest BCUT2D eigenvalue weighted by Crippen LogP contribution is -2.19. The maximum Gasteiger partial charge on any atom is 0.303 e. The Labute approximate surface area is 134 Å². The van der Waals surface area contributed by atoms with E-state index in [1.54, 1.807) is 0 Å². The molecule has 0 bridgehead atoms. The summed E-state index contributed by atoms with van der Waals surface area (Å²) in [5, 5.41) is 12.4. The standard InChI is InChI=1S/C19H29NO2/c21-19(22)15-12-16-10-13-18(14-11-16)20-17-8-6-4-2-1-3-5-7-9-17/h10-11,13-14,17,20H,1-9,12,15H2,(H,21,22). The van der Waals surface area contributed by atoms with E-state index in [0.717, 1.165) is 5.56 Å². The van der Waals surface area contributed by atoms with E-state index in [4.69, 9.17) is 5.11 Å². The zero-order valence-electron chi connectivity index (χ0n) is 13.5. The van der Waals surface area contributed by atoms with E-state index >= 15 is 0 Å². The summed E-state index contributed by atoms with van der Waals surface area (Å²) in [6, 6.07) is 8.87. The lowest BCUT2D eigenvalue weighted by atomic mass is 9.97. The summed E-state index contributed by atoms with van der Waals surface area (Å²) in [7, 11) is 0. The summed E-state index contributed by atoms with van der Waals surface area (Å²) in [5.41, 5.74) is 2.26. The van der Waals surface area contributed by atoms with E-state index in [1.165, 1.54) is 63.5 Å². The molecule has 3 heteroatoms. The molecular formula is C19H29NO2. The second-order valence-corrected chi connectivity index (χ2v) is 6.48. The molecule has 22 heavy (non-hydrogen) atoms. The molecule has 3 nitrogen and oxygen atoms in total. The number of hydrogen-bond acceptors (Lipinski definition) is 2. The number of benzene rings is 1. The first-order valence-electron chi connectivity index (χ1n) is 8.81. The molecule has 1 aliphatic rings. The lowest BCUT2D eigenvalue weighted by molar-refractivity contribution is -0.136. The Kier molecular flexibility index (Phi) is 7.27. The topological polar surface area (TPSA) is 49.3 Å². The van der Waals surface area contributed by atoms with Gasteiger partial charge in [-0.15, -0.1) is 0 Å². The molecule has 0 radical (unpaired) electrons.